The molecule has 0 atom stereocenters. The zero-order valence-electron chi connectivity index (χ0n) is 20.5. The van der Waals surface area contributed by atoms with E-state index >= 15 is 0 Å². The van der Waals surface area contributed by atoms with E-state index < -0.39 is 0 Å². The molecule has 3 heteroatoms. The molecule has 2 nitrogen and oxygen atoms in total. The van der Waals surface area contributed by atoms with Crippen molar-refractivity contribution in [2.24, 2.45) is 5.92 Å². The van der Waals surface area contributed by atoms with Crippen molar-refractivity contribution in [1.29, 1.82) is 0 Å². The zero-order valence-corrected chi connectivity index (χ0v) is 20.5. The number of hydrogen-bond donors (Lipinski definition) is 1. The monoisotopic (exact) mass is 434 g/mol. The number of nitrogens with one attached hydrogen (secondary N) is 1. The summed E-state index contributed by atoms with van der Waals surface area (Å²) in [5, 5.41) is 0. The van der Waals surface area contributed by atoms with E-state index in [0.717, 1.165) is 17.9 Å². The van der Waals surface area contributed by atoms with Crippen LogP contribution in [-0.2, 0) is 6.42 Å². The van der Waals surface area contributed by atoms with E-state index in [1.807, 2.05) is 13.1 Å². The molecule has 0 bridgehead atoms. The van der Waals surface area contributed by atoms with Gasteiger partial charge in [0.25, 0.3) is 0 Å². The summed E-state index contributed by atoms with van der Waals surface area (Å²) in [4.78, 5) is 7.61. The average molecular weight is 434 g/mol. The lowest BCUT2D eigenvalue weighted by Crippen LogP contribution is -2.40. The molecule has 1 N–H and O–H groups in total. The first kappa shape index (κ1) is 24.3. The first-order valence-corrected chi connectivity index (χ1v) is 11.8. The van der Waals surface area contributed by atoms with E-state index in [1.54, 1.807) is 0 Å². The van der Waals surface area contributed by atoms with Crippen LogP contribution in [0.5, 0.6) is 0 Å². The van der Waals surface area contributed by atoms with Gasteiger partial charge in [0.05, 0.1) is 0 Å². The van der Waals surface area contributed by atoms with Crippen molar-refractivity contribution in [3.8, 4) is 0 Å². The second-order valence-electron chi connectivity index (χ2n) is 8.99. The van der Waals surface area contributed by atoms with Gasteiger partial charge in [0.15, 0.2) is 0 Å². The van der Waals surface area contributed by atoms with Crippen LogP contribution in [0.3, 0.4) is 0 Å². The van der Waals surface area contributed by atoms with Crippen molar-refractivity contribution < 1.29 is 0 Å². The third-order valence-electron chi connectivity index (χ3n) is 5.75. The predicted molar refractivity (Wildman–Crippen MR) is 144 cm³/mol. The van der Waals surface area contributed by atoms with Crippen LogP contribution in [0.4, 0.5) is 0 Å². The van der Waals surface area contributed by atoms with Crippen LogP contribution in [0.15, 0.2) is 97.1 Å². The van der Waals surface area contributed by atoms with Gasteiger partial charge in [-0.1, -0.05) is 110 Å². The second-order valence-corrected chi connectivity index (χ2v) is 8.99. The molecule has 0 amide bonds. The third kappa shape index (κ3) is 7.35. The highest BCUT2D eigenvalue weighted by molar-refractivity contribution is 6.89. The van der Waals surface area contributed by atoms with Crippen molar-refractivity contribution in [2.45, 2.75) is 41.0 Å². The summed E-state index contributed by atoms with van der Waals surface area (Å²) in [5.41, 5.74) is 7.87. The standard InChI is InChI=1S/C17H19B.C13H16N2/c1-15(2)13-14-18(16-9-5-3-6-10-16)17-11-7-4-8-12-17;1-9-5-4-6-10(2)12(9)7-13-14-8-11(3)15-13/h3-15H,1-2H3;4-6,8H,7H2,1-3H3,(H,14,15). The number of hydrogen-bond acceptors (Lipinski definition) is 1. The van der Waals surface area contributed by atoms with Crippen molar-refractivity contribution in [3.05, 3.63) is 125 Å². The number of imidazole rings is 1. The second kappa shape index (κ2) is 12.1. The Labute approximate surface area is 199 Å². The van der Waals surface area contributed by atoms with Crippen LogP contribution >= 0.6 is 0 Å². The van der Waals surface area contributed by atoms with E-state index in [4.69, 9.17) is 0 Å². The van der Waals surface area contributed by atoms with Crippen molar-refractivity contribution in [2.75, 3.05) is 0 Å². The molecular weight excluding hydrogens is 399 g/mol. The number of aryl methyl sites for hydroxylation is 3. The fraction of sp³-hybridized carbons (Fsp3) is 0.233. The lowest BCUT2D eigenvalue weighted by molar-refractivity contribution is 0.833. The molecule has 0 radical (unpaired) electrons. The minimum Gasteiger partial charge on any atom is -0.346 e. The van der Waals surface area contributed by atoms with E-state index in [2.05, 4.69) is 129 Å². The minimum atomic E-state index is 0.356. The van der Waals surface area contributed by atoms with Gasteiger partial charge in [0, 0.05) is 18.3 Å². The smallest absolute Gasteiger partial charge is 0.233 e. The molecule has 0 spiro atoms. The summed E-state index contributed by atoms with van der Waals surface area (Å²) in [5.74, 6) is 3.94. The fourth-order valence-corrected chi connectivity index (χ4v) is 3.92. The summed E-state index contributed by atoms with van der Waals surface area (Å²) in [6.45, 7) is 11.1. The van der Waals surface area contributed by atoms with Gasteiger partial charge in [-0.2, -0.15) is 0 Å². The molecule has 168 valence electrons. The Morgan fingerprint density at radius 2 is 1.33 bits per heavy atom. The number of benzene rings is 3. The largest absolute Gasteiger partial charge is 0.346 e. The summed E-state index contributed by atoms with van der Waals surface area (Å²) in [6, 6.07) is 27.7. The number of nitrogens with zero attached hydrogens (tertiary/aromatic N) is 1. The Hall–Kier alpha value is -3.33. The maximum absolute atomic E-state index is 4.34. The molecule has 4 aromatic rings. The molecule has 0 unspecified atom stereocenters. The van der Waals surface area contributed by atoms with E-state index in [1.165, 1.54) is 27.6 Å². The number of rotatable bonds is 6. The molecule has 0 aliphatic rings. The lowest BCUT2D eigenvalue weighted by atomic mass is 9.40. The number of H-pyrrole nitrogens is 1. The molecule has 0 aliphatic carbocycles. The molecule has 33 heavy (non-hydrogen) atoms. The van der Waals surface area contributed by atoms with Crippen molar-refractivity contribution in [1.82, 2.24) is 9.97 Å². The first-order chi connectivity index (χ1) is 15.9. The van der Waals surface area contributed by atoms with Crippen molar-refractivity contribution in [3.63, 3.8) is 0 Å². The summed E-state index contributed by atoms with van der Waals surface area (Å²) >= 11 is 0. The third-order valence-corrected chi connectivity index (χ3v) is 5.75. The highest BCUT2D eigenvalue weighted by Gasteiger charge is 2.14. The first-order valence-electron chi connectivity index (χ1n) is 11.8. The van der Waals surface area contributed by atoms with Gasteiger partial charge in [0.2, 0.25) is 6.71 Å². The minimum absolute atomic E-state index is 0.356. The summed E-state index contributed by atoms with van der Waals surface area (Å²) < 4.78 is 0. The van der Waals surface area contributed by atoms with Crippen LogP contribution in [-0.4, -0.2) is 16.7 Å². The molecule has 0 aliphatic heterocycles. The maximum Gasteiger partial charge on any atom is 0.233 e. The van der Waals surface area contributed by atoms with Crippen LogP contribution in [0.25, 0.3) is 0 Å². The van der Waals surface area contributed by atoms with E-state index in [9.17, 15) is 0 Å². The molecule has 1 heterocycles. The highest BCUT2D eigenvalue weighted by atomic mass is 14.9. The topological polar surface area (TPSA) is 28.7 Å². The van der Waals surface area contributed by atoms with Crippen LogP contribution < -0.4 is 10.9 Å². The Bertz CT molecular complexity index is 1080. The zero-order chi connectivity index (χ0) is 23.6. The quantitative estimate of drug-likeness (QED) is 0.372. The Morgan fingerprint density at radius 3 is 1.79 bits per heavy atom. The van der Waals surface area contributed by atoms with Gasteiger partial charge in [-0.15, -0.1) is 5.98 Å². The highest BCUT2D eigenvalue weighted by Crippen LogP contribution is 2.16. The Kier molecular flexibility index (Phi) is 8.89. The Balaban J connectivity index is 0.000000189. The maximum atomic E-state index is 4.34. The molecule has 4 rings (SSSR count). The van der Waals surface area contributed by atoms with Crippen LogP contribution in [0, 0.1) is 26.7 Å². The van der Waals surface area contributed by atoms with Crippen LogP contribution in [0.2, 0.25) is 0 Å². The molecule has 0 saturated carbocycles. The molecular formula is C30H35BN2. The normalized spacial score (nSPS) is 10.8. The SMILES string of the molecule is CC(C)C=CB(c1ccccc1)c1ccccc1.Cc1cnc(Cc2c(C)cccc2C)[nH]1. The average Bonchev–Trinajstić information content (AvgIpc) is 3.23. The van der Waals surface area contributed by atoms with E-state index in [-0.39, 0.29) is 0 Å². The Morgan fingerprint density at radius 1 is 0.788 bits per heavy atom. The molecule has 1 aromatic heterocycles. The number of allylic oxidation sites excluding steroid dienone is 1. The van der Waals surface area contributed by atoms with Crippen LogP contribution in [0.1, 0.15) is 42.1 Å². The molecule has 0 fully saturated rings. The predicted octanol–water partition coefficient (Wildman–Crippen LogP) is 5.97. The lowest BCUT2D eigenvalue weighted by Gasteiger charge is -2.10. The molecule has 0 saturated heterocycles. The number of aromatic nitrogens is 2. The van der Waals surface area contributed by atoms with Gasteiger partial charge in [-0.25, -0.2) is 4.98 Å². The van der Waals surface area contributed by atoms with E-state index in [0.29, 0.717) is 12.6 Å². The van der Waals surface area contributed by atoms with Gasteiger partial charge < -0.3 is 4.98 Å². The summed E-state index contributed by atoms with van der Waals surface area (Å²) in [7, 11) is 0. The summed E-state index contributed by atoms with van der Waals surface area (Å²) in [6.07, 6.45) is 5.06. The van der Waals surface area contributed by atoms with Gasteiger partial charge >= 0.3 is 0 Å². The van der Waals surface area contributed by atoms with Gasteiger partial charge in [0.1, 0.15) is 5.82 Å². The van der Waals surface area contributed by atoms with Gasteiger partial charge in [-0.05, 0) is 43.4 Å². The fourth-order valence-electron chi connectivity index (χ4n) is 3.92. The van der Waals surface area contributed by atoms with Gasteiger partial charge in [-0.3, -0.25) is 0 Å². The molecule has 3 aromatic carbocycles. The van der Waals surface area contributed by atoms with Crippen molar-refractivity contribution >= 4 is 17.6 Å². The number of aromatic amines is 1.